The highest BCUT2D eigenvalue weighted by atomic mass is 16.7. The van der Waals surface area contributed by atoms with Gasteiger partial charge in [-0.2, -0.15) is 0 Å². The van der Waals surface area contributed by atoms with E-state index in [1.165, 1.54) is 83.5 Å². The average molecular weight is 594 g/mol. The summed E-state index contributed by atoms with van der Waals surface area (Å²) in [4.78, 5) is 15.2. The van der Waals surface area contributed by atoms with Crippen LogP contribution in [-0.2, 0) is 19.0 Å². The summed E-state index contributed by atoms with van der Waals surface area (Å²) >= 11 is 0. The van der Waals surface area contributed by atoms with E-state index < -0.39 is 5.79 Å². The third-order valence-corrected chi connectivity index (χ3v) is 11.8. The van der Waals surface area contributed by atoms with Gasteiger partial charge in [0.2, 0.25) is 0 Å². The molecule has 0 aliphatic carbocycles. The third-order valence-electron chi connectivity index (χ3n) is 11.8. The van der Waals surface area contributed by atoms with Crippen molar-refractivity contribution in [2.24, 2.45) is 11.3 Å². The zero-order chi connectivity index (χ0) is 31.1. The van der Waals surface area contributed by atoms with Crippen molar-refractivity contribution in [3.8, 4) is 0 Å². The fourth-order valence-electron chi connectivity index (χ4n) is 7.41. The topological polar surface area (TPSA) is 48.0 Å². The van der Waals surface area contributed by atoms with E-state index in [1.54, 1.807) is 0 Å². The maximum atomic E-state index is 12.6. The number of piperidine rings is 1. The number of hydrogen-bond donors (Lipinski definition) is 0. The molecule has 2 aliphatic heterocycles. The van der Waals surface area contributed by atoms with Crippen molar-refractivity contribution >= 4 is 5.97 Å². The molecular formula is C37H71NO4. The number of likely N-dealkylation sites (tertiary alicyclic amines) is 1. The van der Waals surface area contributed by atoms with Crippen LogP contribution in [0.3, 0.4) is 0 Å². The van der Waals surface area contributed by atoms with Gasteiger partial charge >= 0.3 is 5.97 Å². The Bertz CT molecular complexity index is 748. The molecule has 3 unspecified atom stereocenters. The van der Waals surface area contributed by atoms with Crippen molar-refractivity contribution in [3.63, 3.8) is 0 Å². The molecule has 3 atom stereocenters. The lowest BCUT2D eigenvalue weighted by Crippen LogP contribution is -2.73. The summed E-state index contributed by atoms with van der Waals surface area (Å²) in [7, 11) is 2.27. The van der Waals surface area contributed by atoms with Gasteiger partial charge in [0.15, 0.2) is 5.79 Å². The van der Waals surface area contributed by atoms with Gasteiger partial charge in [0.1, 0.15) is 6.61 Å². The van der Waals surface area contributed by atoms with E-state index in [0.717, 1.165) is 38.5 Å². The van der Waals surface area contributed by atoms with Crippen LogP contribution in [0.1, 0.15) is 177 Å². The van der Waals surface area contributed by atoms with Crippen molar-refractivity contribution in [1.29, 1.82) is 0 Å². The average Bonchev–Trinajstić information content (AvgIpc) is 3.01. The van der Waals surface area contributed by atoms with Crippen LogP contribution in [-0.4, -0.2) is 54.6 Å². The Kier molecular flexibility index (Phi) is 16.4. The van der Waals surface area contributed by atoms with E-state index in [1.807, 2.05) is 0 Å². The van der Waals surface area contributed by atoms with Crippen LogP contribution in [0.25, 0.3) is 0 Å². The van der Waals surface area contributed by atoms with Crippen LogP contribution in [0.15, 0.2) is 0 Å². The Hall–Kier alpha value is -0.650. The van der Waals surface area contributed by atoms with Gasteiger partial charge < -0.3 is 14.2 Å². The maximum Gasteiger partial charge on any atom is 0.305 e. The van der Waals surface area contributed by atoms with Crippen molar-refractivity contribution in [2.45, 2.75) is 194 Å². The molecule has 2 fully saturated rings. The van der Waals surface area contributed by atoms with Crippen LogP contribution in [0.5, 0.6) is 0 Å². The van der Waals surface area contributed by atoms with Crippen molar-refractivity contribution in [3.05, 3.63) is 0 Å². The highest BCUT2D eigenvalue weighted by molar-refractivity contribution is 5.69. The van der Waals surface area contributed by atoms with Crippen molar-refractivity contribution in [2.75, 3.05) is 26.9 Å². The fourth-order valence-corrected chi connectivity index (χ4v) is 7.41. The molecule has 2 heterocycles. The zero-order valence-corrected chi connectivity index (χ0v) is 29.4. The molecule has 0 aromatic rings. The second-order valence-electron chi connectivity index (χ2n) is 14.6. The molecule has 248 valence electrons. The number of esters is 1. The molecule has 0 N–H and O–H groups in total. The third kappa shape index (κ3) is 10.2. The van der Waals surface area contributed by atoms with E-state index in [9.17, 15) is 4.79 Å². The number of ether oxygens (including phenoxy) is 3. The lowest BCUT2D eigenvalue weighted by Gasteiger charge is -2.64. The molecule has 5 nitrogen and oxygen atoms in total. The van der Waals surface area contributed by atoms with Crippen LogP contribution >= 0.6 is 0 Å². The predicted octanol–water partition coefficient (Wildman–Crippen LogP) is 10.2. The van der Waals surface area contributed by atoms with E-state index in [-0.39, 0.29) is 28.4 Å². The minimum absolute atomic E-state index is 0.00503. The summed E-state index contributed by atoms with van der Waals surface area (Å²) < 4.78 is 19.3. The molecule has 0 bridgehead atoms. The Balaban J connectivity index is 1.63. The number of carbonyl (C=O) groups excluding carboxylic acids is 1. The smallest absolute Gasteiger partial charge is 0.305 e. The Morgan fingerprint density at radius 2 is 1.21 bits per heavy atom. The van der Waals surface area contributed by atoms with Gasteiger partial charge in [-0.05, 0) is 46.6 Å². The summed E-state index contributed by atoms with van der Waals surface area (Å²) in [5.74, 6) is -0.414. The first kappa shape index (κ1) is 37.5. The summed E-state index contributed by atoms with van der Waals surface area (Å²) in [6.07, 6.45) is 24.3. The van der Waals surface area contributed by atoms with E-state index in [4.69, 9.17) is 14.2 Å². The Morgan fingerprint density at radius 1 is 0.738 bits per heavy atom. The molecule has 0 saturated carbocycles. The summed E-state index contributed by atoms with van der Waals surface area (Å²) in [6.45, 7) is 17.6. The number of rotatable bonds is 21. The molecule has 0 radical (unpaired) electrons. The van der Waals surface area contributed by atoms with E-state index in [2.05, 4.69) is 60.4 Å². The van der Waals surface area contributed by atoms with E-state index in [0.29, 0.717) is 26.2 Å². The molecule has 42 heavy (non-hydrogen) atoms. The normalized spacial score (nSPS) is 32.0. The molecule has 5 heteroatoms. The lowest BCUT2D eigenvalue weighted by atomic mass is 9.65. The Morgan fingerprint density at radius 3 is 1.64 bits per heavy atom. The van der Waals surface area contributed by atoms with Gasteiger partial charge in [-0.25, -0.2) is 0 Å². The highest BCUT2D eigenvalue weighted by Gasteiger charge is 2.61. The fraction of sp³-hybridized carbons (Fsp3) is 0.973. The molecular weight excluding hydrogens is 522 g/mol. The van der Waals surface area contributed by atoms with Crippen LogP contribution in [0, 0.1) is 11.3 Å². The van der Waals surface area contributed by atoms with Crippen molar-refractivity contribution < 1.29 is 19.0 Å². The predicted molar refractivity (Wildman–Crippen MR) is 177 cm³/mol. The van der Waals surface area contributed by atoms with Gasteiger partial charge in [0.25, 0.3) is 0 Å². The first-order valence-electron chi connectivity index (χ1n) is 18.2. The Labute approximate surface area is 261 Å². The SMILES string of the molecule is CCCCCCCCCCCCCCCCCC(=O)OCC1(CC)COC2(CC(C)(CC)N(C)C(C)(CC)C2C)OC1. The minimum atomic E-state index is -0.585. The van der Waals surface area contributed by atoms with Gasteiger partial charge in [0, 0.05) is 29.8 Å². The highest BCUT2D eigenvalue weighted by Crippen LogP contribution is 2.53. The molecule has 2 rings (SSSR count). The lowest BCUT2D eigenvalue weighted by molar-refractivity contribution is -0.370. The second kappa shape index (κ2) is 18.4. The summed E-state index contributed by atoms with van der Waals surface area (Å²) in [5.41, 5.74) is -0.248. The van der Waals surface area contributed by atoms with E-state index >= 15 is 0 Å². The molecule has 0 aromatic carbocycles. The first-order chi connectivity index (χ1) is 20.1. The standard InChI is InChI=1S/C37H71NO4/c1-9-13-14-15-16-17-18-19-20-21-22-23-24-25-26-27-33(39)40-29-36(12-4)30-41-37(42-31-36)28-34(6,10-2)38(8)35(7,11-3)32(37)5/h32H,9-31H2,1-8H3. The number of unbranched alkanes of at least 4 members (excludes halogenated alkanes) is 14. The largest absolute Gasteiger partial charge is 0.465 e. The van der Waals surface area contributed by atoms with Gasteiger partial charge in [0.05, 0.1) is 18.6 Å². The summed E-state index contributed by atoms with van der Waals surface area (Å²) in [5, 5.41) is 0. The number of carbonyl (C=O) groups is 1. The minimum Gasteiger partial charge on any atom is -0.465 e. The van der Waals surface area contributed by atoms with Gasteiger partial charge in [-0.1, -0.05) is 125 Å². The molecule has 2 aliphatic rings. The quantitative estimate of drug-likeness (QED) is 0.0979. The summed E-state index contributed by atoms with van der Waals surface area (Å²) in [6, 6.07) is 0. The molecule has 2 saturated heterocycles. The first-order valence-corrected chi connectivity index (χ1v) is 18.2. The van der Waals surface area contributed by atoms with Crippen LogP contribution in [0.2, 0.25) is 0 Å². The zero-order valence-electron chi connectivity index (χ0n) is 29.4. The molecule has 0 amide bonds. The number of hydrogen-bond acceptors (Lipinski definition) is 5. The monoisotopic (exact) mass is 594 g/mol. The van der Waals surface area contributed by atoms with Crippen molar-refractivity contribution in [1.82, 2.24) is 4.90 Å². The maximum absolute atomic E-state index is 12.6. The van der Waals surface area contributed by atoms with Gasteiger partial charge in [-0.15, -0.1) is 0 Å². The second-order valence-corrected chi connectivity index (χ2v) is 14.6. The molecule has 1 spiro atoms. The molecule has 0 aromatic heterocycles. The van der Waals surface area contributed by atoms with Gasteiger partial charge in [-0.3, -0.25) is 9.69 Å². The number of nitrogens with zero attached hydrogens (tertiary/aromatic N) is 1. The van der Waals surface area contributed by atoms with Crippen LogP contribution < -0.4 is 0 Å². The van der Waals surface area contributed by atoms with Crippen LogP contribution in [0.4, 0.5) is 0 Å².